The Morgan fingerprint density at radius 2 is 1.92 bits per heavy atom. The lowest BCUT2D eigenvalue weighted by Crippen LogP contribution is -2.07. The van der Waals surface area contributed by atoms with Gasteiger partial charge in [0.1, 0.15) is 10.8 Å². The van der Waals surface area contributed by atoms with Crippen molar-refractivity contribution < 1.29 is 13.2 Å². The maximum absolute atomic E-state index is 12.3. The number of nitrogens with two attached hydrogens (primary N) is 1. The Hall–Kier alpha value is -1.64. The zero-order chi connectivity index (χ0) is 19.6. The van der Waals surface area contributed by atoms with Crippen molar-refractivity contribution >= 4 is 28.8 Å². The predicted molar refractivity (Wildman–Crippen MR) is 98.9 cm³/mol. The molecular weight excluding hydrogens is 373 g/mol. The topological polar surface area (TPSA) is 63.8 Å². The largest absolute Gasteiger partial charge is 0.418 e. The number of nitrogens with one attached hydrogen (secondary N) is 1. The number of pyridine rings is 1. The maximum Gasteiger partial charge on any atom is 0.418 e. The van der Waals surface area contributed by atoms with E-state index >= 15 is 0 Å². The number of anilines is 1. The van der Waals surface area contributed by atoms with Gasteiger partial charge >= 0.3 is 6.18 Å². The summed E-state index contributed by atoms with van der Waals surface area (Å²) in [5, 5.41) is 3.04. The van der Waals surface area contributed by atoms with Gasteiger partial charge in [-0.05, 0) is 26.1 Å². The molecule has 3 N–H and O–H groups in total. The Labute approximate surface area is 154 Å². The third-order valence-corrected chi connectivity index (χ3v) is 3.85. The molecule has 0 aromatic carbocycles. The molecular formula is C16H22ClF3N4S. The van der Waals surface area contributed by atoms with Crippen molar-refractivity contribution in [2.75, 3.05) is 5.32 Å². The van der Waals surface area contributed by atoms with Crippen LogP contribution < -0.4 is 11.1 Å². The monoisotopic (exact) mass is 394 g/mol. The minimum absolute atomic E-state index is 0.0525. The molecule has 0 bridgehead atoms. The van der Waals surface area contributed by atoms with Crippen LogP contribution in [0.2, 0.25) is 5.02 Å². The summed E-state index contributed by atoms with van der Waals surface area (Å²) in [6, 6.07) is 0.910. The molecule has 140 valence electrons. The lowest BCUT2D eigenvalue weighted by Gasteiger charge is -2.09. The molecule has 4 nitrogen and oxygen atoms in total. The van der Waals surface area contributed by atoms with Gasteiger partial charge in [-0.3, -0.25) is 0 Å². The first kappa shape index (κ1) is 23.4. The van der Waals surface area contributed by atoms with Crippen molar-refractivity contribution in [1.82, 2.24) is 9.97 Å². The van der Waals surface area contributed by atoms with E-state index in [2.05, 4.69) is 21.9 Å². The Kier molecular flexibility index (Phi) is 10.3. The minimum atomic E-state index is -4.47. The lowest BCUT2D eigenvalue weighted by atomic mass is 10.2. The van der Waals surface area contributed by atoms with Gasteiger partial charge in [-0.1, -0.05) is 32.0 Å². The highest BCUT2D eigenvalue weighted by Gasteiger charge is 2.33. The molecule has 0 radical (unpaired) electrons. The smallest absolute Gasteiger partial charge is 0.347 e. The number of hydrogen-bond donors (Lipinski definition) is 2. The van der Waals surface area contributed by atoms with Crippen LogP contribution in [0, 0.1) is 6.92 Å². The summed E-state index contributed by atoms with van der Waals surface area (Å²) in [4.78, 5) is 8.96. The van der Waals surface area contributed by atoms with E-state index in [0.29, 0.717) is 0 Å². The van der Waals surface area contributed by atoms with Gasteiger partial charge in [-0.15, -0.1) is 11.3 Å². The number of halogens is 4. The molecule has 2 aromatic rings. The minimum Gasteiger partial charge on any atom is -0.347 e. The first-order valence-corrected chi connectivity index (χ1v) is 8.62. The van der Waals surface area contributed by atoms with Gasteiger partial charge in [-0.2, -0.15) is 13.2 Å². The zero-order valence-electron chi connectivity index (χ0n) is 14.5. The lowest BCUT2D eigenvalue weighted by molar-refractivity contribution is -0.137. The molecule has 25 heavy (non-hydrogen) atoms. The first-order chi connectivity index (χ1) is 11.6. The second-order valence-electron chi connectivity index (χ2n) is 4.49. The highest BCUT2D eigenvalue weighted by atomic mass is 35.5. The van der Waals surface area contributed by atoms with Crippen LogP contribution in [0.5, 0.6) is 0 Å². The molecule has 0 saturated carbocycles. The van der Waals surface area contributed by atoms with Gasteiger partial charge in [0, 0.05) is 17.3 Å². The van der Waals surface area contributed by atoms with Gasteiger partial charge in [0.15, 0.2) is 0 Å². The molecule has 0 amide bonds. The van der Waals surface area contributed by atoms with E-state index in [0.717, 1.165) is 17.3 Å². The molecule has 0 fully saturated rings. The van der Waals surface area contributed by atoms with Crippen molar-refractivity contribution in [2.24, 2.45) is 5.73 Å². The fourth-order valence-electron chi connectivity index (χ4n) is 1.42. The normalized spacial score (nSPS) is 11.4. The van der Waals surface area contributed by atoms with E-state index in [1.54, 1.807) is 11.3 Å². The Morgan fingerprint density at radius 1 is 1.32 bits per heavy atom. The summed E-state index contributed by atoms with van der Waals surface area (Å²) in [6.45, 7) is 11.3. The summed E-state index contributed by atoms with van der Waals surface area (Å²) in [6.07, 6.45) is -0.451. The number of aromatic nitrogens is 2. The molecule has 1 unspecified atom stereocenters. The number of hydrogen-bond acceptors (Lipinski definition) is 5. The number of alkyl halides is 3. The van der Waals surface area contributed by atoms with E-state index in [1.165, 1.54) is 11.1 Å². The van der Waals surface area contributed by atoms with Crippen molar-refractivity contribution in [3.63, 3.8) is 0 Å². The molecule has 0 aliphatic carbocycles. The third kappa shape index (κ3) is 8.33. The van der Waals surface area contributed by atoms with E-state index in [1.807, 2.05) is 33.9 Å². The Bertz CT molecular complexity index is 657. The van der Waals surface area contributed by atoms with Crippen LogP contribution >= 0.6 is 22.9 Å². The summed E-state index contributed by atoms with van der Waals surface area (Å²) in [5.74, 6) is 0.0525. The van der Waals surface area contributed by atoms with Crippen LogP contribution in [0.1, 0.15) is 42.3 Å². The summed E-state index contributed by atoms with van der Waals surface area (Å²) in [7, 11) is 0. The van der Waals surface area contributed by atoms with Crippen LogP contribution in [0.4, 0.5) is 19.0 Å². The number of nitrogens with zero attached hydrogens (tertiary/aromatic N) is 2. The van der Waals surface area contributed by atoms with Gasteiger partial charge in [0.05, 0.1) is 16.6 Å². The molecule has 0 aliphatic rings. The van der Waals surface area contributed by atoms with Crippen LogP contribution in [0.3, 0.4) is 0 Å². The summed E-state index contributed by atoms with van der Waals surface area (Å²) >= 11 is 7.00. The Morgan fingerprint density at radius 3 is 2.28 bits per heavy atom. The van der Waals surface area contributed by atoms with Gasteiger partial charge in [0.2, 0.25) is 0 Å². The van der Waals surface area contributed by atoms with Crippen molar-refractivity contribution in [3.8, 4) is 0 Å². The van der Waals surface area contributed by atoms with E-state index in [9.17, 15) is 13.2 Å². The molecule has 0 saturated heterocycles. The van der Waals surface area contributed by atoms with Crippen molar-refractivity contribution in [2.45, 2.75) is 39.9 Å². The number of rotatable bonds is 3. The molecule has 0 aliphatic heterocycles. The zero-order valence-corrected chi connectivity index (χ0v) is 16.1. The highest BCUT2D eigenvalue weighted by Crippen LogP contribution is 2.35. The molecule has 2 rings (SSSR count). The van der Waals surface area contributed by atoms with Crippen LogP contribution in [-0.4, -0.2) is 9.97 Å². The van der Waals surface area contributed by atoms with Crippen LogP contribution in [-0.2, 0) is 6.18 Å². The van der Waals surface area contributed by atoms with Crippen LogP contribution in [0.25, 0.3) is 0 Å². The molecule has 2 aromatic heterocycles. The van der Waals surface area contributed by atoms with E-state index in [-0.39, 0.29) is 11.9 Å². The SMILES string of the molecule is C=CNc1cc(C(F)(F)F)c(Cl)cn1.CC.Cc1cnc(C(C)N)s1. The second-order valence-corrected chi connectivity index (χ2v) is 6.17. The number of thiazole rings is 1. The van der Waals surface area contributed by atoms with Crippen LogP contribution in [0.15, 0.2) is 31.2 Å². The van der Waals surface area contributed by atoms with Crippen molar-refractivity contribution in [3.05, 3.63) is 51.7 Å². The quantitative estimate of drug-likeness (QED) is 0.689. The van der Waals surface area contributed by atoms with E-state index < -0.39 is 16.8 Å². The average molecular weight is 395 g/mol. The summed E-state index contributed by atoms with van der Waals surface area (Å²) in [5.41, 5.74) is 4.66. The Balaban J connectivity index is 0.000000451. The summed E-state index contributed by atoms with van der Waals surface area (Å²) < 4.78 is 36.9. The maximum atomic E-state index is 12.3. The van der Waals surface area contributed by atoms with E-state index in [4.69, 9.17) is 17.3 Å². The van der Waals surface area contributed by atoms with Gasteiger partial charge in [-0.25, -0.2) is 9.97 Å². The first-order valence-electron chi connectivity index (χ1n) is 7.43. The van der Waals surface area contributed by atoms with Crippen molar-refractivity contribution in [1.29, 1.82) is 0 Å². The fourth-order valence-corrected chi connectivity index (χ4v) is 2.36. The molecule has 2 heterocycles. The predicted octanol–water partition coefficient (Wildman–Crippen LogP) is 5.81. The fraction of sp³-hybridized carbons (Fsp3) is 0.375. The standard InChI is InChI=1S/C8H6ClF3N2.C6H10N2S.C2H6/c1-2-13-7-3-5(8(10,11)12)6(9)4-14-7;1-4-3-8-6(9-4)5(2)7;1-2/h2-4H,1H2,(H,13,14);3,5H,7H2,1-2H3;1-2H3. The number of aryl methyl sites for hydroxylation is 1. The molecule has 0 spiro atoms. The van der Waals surface area contributed by atoms with Gasteiger partial charge < -0.3 is 11.1 Å². The molecule has 9 heteroatoms. The highest BCUT2D eigenvalue weighted by molar-refractivity contribution is 7.11. The third-order valence-electron chi connectivity index (χ3n) is 2.44. The molecule has 1 atom stereocenters. The van der Waals surface area contributed by atoms with Gasteiger partial charge in [0.25, 0.3) is 0 Å². The average Bonchev–Trinajstić information content (AvgIpc) is 2.98. The second kappa shape index (κ2) is 11.1.